The van der Waals surface area contributed by atoms with Gasteiger partial charge >= 0.3 is 0 Å². The molecule has 2 rings (SSSR count). The van der Waals surface area contributed by atoms with Gasteiger partial charge in [0, 0.05) is 21.6 Å². The molecule has 1 aromatic heterocycles. The maximum Gasteiger partial charge on any atom is 0.252 e. The highest BCUT2D eigenvalue weighted by molar-refractivity contribution is 14.1. The van der Waals surface area contributed by atoms with Gasteiger partial charge in [-0.3, -0.25) is 9.89 Å². The van der Waals surface area contributed by atoms with Gasteiger partial charge in [0.25, 0.3) is 5.91 Å². The molecule has 0 aliphatic rings. The van der Waals surface area contributed by atoms with E-state index in [4.69, 9.17) is 23.2 Å². The van der Waals surface area contributed by atoms with Crippen molar-refractivity contribution in [3.8, 4) is 0 Å². The molecular formula is C12H11Cl2IN4O. The second kappa shape index (κ2) is 7.24. The van der Waals surface area contributed by atoms with Gasteiger partial charge < -0.3 is 5.32 Å². The number of aryl methyl sites for hydroxylation is 1. The SMILES string of the molecule is O=C(NCCCc1ncn[nH]1)c1cc(Cl)cc(Cl)c1I. The zero-order valence-electron chi connectivity index (χ0n) is 10.3. The molecule has 1 heterocycles. The number of carbonyl (C=O) groups excluding carboxylic acids is 1. The lowest BCUT2D eigenvalue weighted by Crippen LogP contribution is -2.25. The molecule has 20 heavy (non-hydrogen) atoms. The molecule has 2 aromatic rings. The Morgan fingerprint density at radius 3 is 2.90 bits per heavy atom. The molecule has 2 N–H and O–H groups in total. The average Bonchev–Trinajstić information content (AvgIpc) is 2.91. The molecule has 0 radical (unpaired) electrons. The Balaban J connectivity index is 1.89. The fourth-order valence-electron chi connectivity index (χ4n) is 1.63. The Kier molecular flexibility index (Phi) is 5.62. The summed E-state index contributed by atoms with van der Waals surface area (Å²) in [6.45, 7) is 0.541. The monoisotopic (exact) mass is 424 g/mol. The van der Waals surface area contributed by atoms with Gasteiger partial charge in [0.1, 0.15) is 12.2 Å². The number of carbonyl (C=O) groups is 1. The number of hydrogen-bond acceptors (Lipinski definition) is 3. The van der Waals surface area contributed by atoms with Crippen LogP contribution in [0.5, 0.6) is 0 Å². The summed E-state index contributed by atoms with van der Waals surface area (Å²) in [6, 6.07) is 3.23. The third-order valence-corrected chi connectivity index (χ3v) is 4.58. The van der Waals surface area contributed by atoms with Gasteiger partial charge in [-0.25, -0.2) is 4.98 Å². The Morgan fingerprint density at radius 1 is 1.40 bits per heavy atom. The maximum absolute atomic E-state index is 12.1. The Bertz CT molecular complexity index is 604. The van der Waals surface area contributed by atoms with E-state index in [1.165, 1.54) is 6.33 Å². The van der Waals surface area contributed by atoms with Crippen molar-refractivity contribution in [2.75, 3.05) is 6.54 Å². The van der Waals surface area contributed by atoms with E-state index in [0.717, 1.165) is 18.7 Å². The molecule has 0 fully saturated rings. The number of amides is 1. The van der Waals surface area contributed by atoms with Gasteiger partial charge in [0.15, 0.2) is 0 Å². The number of aromatic nitrogens is 3. The minimum atomic E-state index is -0.184. The molecule has 0 aliphatic carbocycles. The molecule has 8 heteroatoms. The van der Waals surface area contributed by atoms with Crippen LogP contribution >= 0.6 is 45.8 Å². The Hall–Kier alpha value is -0.860. The summed E-state index contributed by atoms with van der Waals surface area (Å²) in [7, 11) is 0. The van der Waals surface area contributed by atoms with Crippen LogP contribution in [0.25, 0.3) is 0 Å². The van der Waals surface area contributed by atoms with Crippen LogP contribution in [-0.2, 0) is 6.42 Å². The van der Waals surface area contributed by atoms with Crippen LogP contribution in [0.3, 0.4) is 0 Å². The highest BCUT2D eigenvalue weighted by Crippen LogP contribution is 2.26. The molecule has 5 nitrogen and oxygen atoms in total. The molecule has 106 valence electrons. The van der Waals surface area contributed by atoms with Crippen molar-refractivity contribution in [1.82, 2.24) is 20.5 Å². The normalized spacial score (nSPS) is 10.6. The van der Waals surface area contributed by atoms with Crippen LogP contribution < -0.4 is 5.32 Å². The highest BCUT2D eigenvalue weighted by atomic mass is 127. The predicted molar refractivity (Wildman–Crippen MR) is 86.2 cm³/mol. The van der Waals surface area contributed by atoms with Crippen molar-refractivity contribution in [2.24, 2.45) is 0 Å². The topological polar surface area (TPSA) is 70.7 Å². The van der Waals surface area contributed by atoms with Gasteiger partial charge in [-0.1, -0.05) is 23.2 Å². The second-order valence-corrected chi connectivity index (χ2v) is 5.96. The maximum atomic E-state index is 12.1. The number of hydrogen-bond donors (Lipinski definition) is 2. The third kappa shape index (κ3) is 4.07. The van der Waals surface area contributed by atoms with E-state index in [1.807, 2.05) is 22.6 Å². The first-order valence-corrected chi connectivity index (χ1v) is 7.68. The van der Waals surface area contributed by atoms with E-state index >= 15 is 0 Å². The predicted octanol–water partition coefficient (Wildman–Crippen LogP) is 3.08. The standard InChI is InChI=1S/C12H11Cl2IN4O/c13-7-4-8(11(15)9(14)5-7)12(20)16-3-1-2-10-17-6-18-19-10/h4-6H,1-3H2,(H,16,20)(H,17,18,19). The summed E-state index contributed by atoms with van der Waals surface area (Å²) in [6.07, 6.45) is 2.96. The average molecular weight is 425 g/mol. The van der Waals surface area contributed by atoms with Crippen molar-refractivity contribution < 1.29 is 4.79 Å². The number of rotatable bonds is 5. The van der Waals surface area contributed by atoms with E-state index in [1.54, 1.807) is 12.1 Å². The largest absolute Gasteiger partial charge is 0.352 e. The minimum absolute atomic E-state index is 0.184. The molecule has 0 unspecified atom stereocenters. The van der Waals surface area contributed by atoms with E-state index in [0.29, 0.717) is 25.7 Å². The molecule has 0 atom stereocenters. The molecule has 0 aliphatic heterocycles. The lowest BCUT2D eigenvalue weighted by molar-refractivity contribution is 0.0952. The summed E-state index contributed by atoms with van der Waals surface area (Å²) < 4.78 is 0.696. The summed E-state index contributed by atoms with van der Waals surface area (Å²) in [5, 5.41) is 10.3. The van der Waals surface area contributed by atoms with Crippen LogP contribution in [-0.4, -0.2) is 27.6 Å². The Morgan fingerprint density at radius 2 is 2.20 bits per heavy atom. The van der Waals surface area contributed by atoms with Crippen molar-refractivity contribution in [2.45, 2.75) is 12.8 Å². The van der Waals surface area contributed by atoms with Crippen molar-refractivity contribution >= 4 is 51.7 Å². The summed E-state index contributed by atoms with van der Waals surface area (Å²) in [5.41, 5.74) is 0.489. The first-order valence-electron chi connectivity index (χ1n) is 5.85. The van der Waals surface area contributed by atoms with Gasteiger partial charge in [-0.15, -0.1) is 0 Å². The summed E-state index contributed by atoms with van der Waals surface area (Å²) >= 11 is 13.9. The molecule has 1 aromatic carbocycles. The number of halogens is 3. The number of nitrogens with one attached hydrogen (secondary N) is 2. The molecule has 0 saturated heterocycles. The Labute approximate surface area is 139 Å². The molecule has 0 spiro atoms. The number of benzene rings is 1. The van der Waals surface area contributed by atoms with E-state index in [-0.39, 0.29) is 5.91 Å². The fourth-order valence-corrected chi connectivity index (χ4v) is 2.68. The number of aromatic amines is 1. The second-order valence-electron chi connectivity index (χ2n) is 4.04. The van der Waals surface area contributed by atoms with Gasteiger partial charge in [0.2, 0.25) is 0 Å². The summed E-state index contributed by atoms with van der Waals surface area (Å²) in [5.74, 6) is 0.621. The van der Waals surface area contributed by atoms with E-state index in [2.05, 4.69) is 20.5 Å². The van der Waals surface area contributed by atoms with Crippen LogP contribution in [0, 0.1) is 3.57 Å². The van der Waals surface area contributed by atoms with Crippen molar-refractivity contribution in [3.63, 3.8) is 0 Å². The van der Waals surface area contributed by atoms with Crippen molar-refractivity contribution in [1.29, 1.82) is 0 Å². The van der Waals surface area contributed by atoms with Gasteiger partial charge in [-0.05, 0) is 41.1 Å². The van der Waals surface area contributed by atoms with Gasteiger partial charge in [0.05, 0.1) is 10.6 Å². The first kappa shape index (κ1) is 15.5. The zero-order valence-corrected chi connectivity index (χ0v) is 14.0. The zero-order chi connectivity index (χ0) is 14.5. The lowest BCUT2D eigenvalue weighted by atomic mass is 10.2. The smallest absolute Gasteiger partial charge is 0.252 e. The van der Waals surface area contributed by atoms with E-state index < -0.39 is 0 Å². The minimum Gasteiger partial charge on any atom is -0.352 e. The van der Waals surface area contributed by atoms with Crippen LogP contribution in [0.2, 0.25) is 10.0 Å². The third-order valence-electron chi connectivity index (χ3n) is 2.58. The number of H-pyrrole nitrogens is 1. The first-order chi connectivity index (χ1) is 9.58. The van der Waals surface area contributed by atoms with Gasteiger partial charge in [-0.2, -0.15) is 5.10 Å². The fraction of sp³-hybridized carbons (Fsp3) is 0.250. The molecule has 0 saturated carbocycles. The quantitative estimate of drug-likeness (QED) is 0.440. The van der Waals surface area contributed by atoms with Crippen LogP contribution in [0.4, 0.5) is 0 Å². The van der Waals surface area contributed by atoms with Crippen LogP contribution in [0.15, 0.2) is 18.5 Å². The van der Waals surface area contributed by atoms with Crippen molar-refractivity contribution in [3.05, 3.63) is 43.5 Å². The summed E-state index contributed by atoms with van der Waals surface area (Å²) in [4.78, 5) is 16.1. The number of nitrogens with zero attached hydrogens (tertiary/aromatic N) is 2. The van der Waals surface area contributed by atoms with Crippen LogP contribution in [0.1, 0.15) is 22.6 Å². The van der Waals surface area contributed by atoms with E-state index in [9.17, 15) is 4.79 Å². The lowest BCUT2D eigenvalue weighted by Gasteiger charge is -2.08. The molecule has 0 bridgehead atoms. The molecular weight excluding hydrogens is 414 g/mol. The highest BCUT2D eigenvalue weighted by Gasteiger charge is 2.13. The molecule has 1 amide bonds.